The molecule has 0 atom stereocenters. The number of hydrogen-bond donors (Lipinski definition) is 2. The van der Waals surface area contributed by atoms with Crippen molar-refractivity contribution in [3.63, 3.8) is 0 Å². The van der Waals surface area contributed by atoms with E-state index in [0.29, 0.717) is 10.8 Å². The summed E-state index contributed by atoms with van der Waals surface area (Å²) in [6.07, 6.45) is 0.278. The summed E-state index contributed by atoms with van der Waals surface area (Å²) in [5.41, 5.74) is 7.11. The Morgan fingerprint density at radius 1 is 1.38 bits per heavy atom. The molecule has 82 valence electrons. The number of carbonyl (C=O) groups is 1. The average molecular weight is 235 g/mol. The highest BCUT2D eigenvalue weighted by atomic mass is 32.1. The van der Waals surface area contributed by atoms with Gasteiger partial charge in [-0.2, -0.15) is 0 Å². The lowest BCUT2D eigenvalue weighted by Crippen LogP contribution is -2.14. The van der Waals surface area contributed by atoms with Gasteiger partial charge in [-0.15, -0.1) is 0 Å². The largest absolute Gasteiger partial charge is 0.399 e. The van der Waals surface area contributed by atoms with Crippen molar-refractivity contribution in [1.29, 1.82) is 0 Å². The van der Waals surface area contributed by atoms with Crippen LogP contribution in [0.5, 0.6) is 0 Å². The van der Waals surface area contributed by atoms with Gasteiger partial charge in [-0.05, 0) is 22.9 Å². The normalized spacial score (nSPS) is 10.0. The van der Waals surface area contributed by atoms with Crippen LogP contribution in [0.25, 0.3) is 0 Å². The number of nitrogens with zero attached hydrogens (tertiary/aromatic N) is 3. The molecule has 0 aliphatic carbocycles. The van der Waals surface area contributed by atoms with E-state index < -0.39 is 0 Å². The molecule has 0 saturated carbocycles. The van der Waals surface area contributed by atoms with Crippen LogP contribution in [0.1, 0.15) is 5.56 Å². The van der Waals surface area contributed by atoms with E-state index >= 15 is 0 Å². The molecule has 0 aliphatic heterocycles. The molecule has 0 aliphatic rings. The number of nitrogens with one attached hydrogen (secondary N) is 1. The van der Waals surface area contributed by atoms with Crippen LogP contribution < -0.4 is 11.1 Å². The Balaban J connectivity index is 1.95. The Hall–Kier alpha value is -2.02. The zero-order valence-corrected chi connectivity index (χ0v) is 9.07. The maximum absolute atomic E-state index is 11.5. The summed E-state index contributed by atoms with van der Waals surface area (Å²) < 4.78 is 3.54. The summed E-state index contributed by atoms with van der Waals surface area (Å²) in [6, 6.07) is 7.14. The lowest BCUT2D eigenvalue weighted by molar-refractivity contribution is -0.115. The van der Waals surface area contributed by atoms with E-state index in [1.807, 2.05) is 12.1 Å². The molecule has 0 unspecified atom stereocenters. The molecule has 1 aromatic heterocycles. The maximum atomic E-state index is 11.5. The second-order valence-corrected chi connectivity index (χ2v) is 3.87. The van der Waals surface area contributed by atoms with Crippen LogP contribution in [-0.4, -0.2) is 20.7 Å². The van der Waals surface area contributed by atoms with E-state index in [1.54, 1.807) is 12.1 Å². The van der Waals surface area contributed by atoms with Crippen LogP contribution in [-0.2, 0) is 11.2 Å². The summed E-state index contributed by atoms with van der Waals surface area (Å²) in [5.74, 6) is -0.150. The first-order valence-corrected chi connectivity index (χ1v) is 5.30. The second kappa shape index (κ2) is 4.67. The Morgan fingerprint density at radius 2 is 2.12 bits per heavy atom. The van der Waals surface area contributed by atoms with Crippen molar-refractivity contribution in [1.82, 2.24) is 14.8 Å². The third-order valence-electron chi connectivity index (χ3n) is 1.89. The predicted molar refractivity (Wildman–Crippen MR) is 60.9 cm³/mol. The lowest BCUT2D eigenvalue weighted by atomic mass is 10.1. The fourth-order valence-electron chi connectivity index (χ4n) is 1.17. The maximum Gasteiger partial charge on any atom is 0.231 e. The third kappa shape index (κ3) is 2.74. The van der Waals surface area contributed by atoms with Crippen LogP contribution in [0.3, 0.4) is 0 Å². The lowest BCUT2D eigenvalue weighted by Gasteiger charge is -2.01. The molecular weight excluding hydrogens is 226 g/mol. The highest BCUT2D eigenvalue weighted by molar-refractivity contribution is 7.09. The van der Waals surface area contributed by atoms with Crippen LogP contribution in [0, 0.1) is 0 Å². The summed E-state index contributed by atoms with van der Waals surface area (Å²) in [7, 11) is 0. The van der Waals surface area contributed by atoms with Gasteiger partial charge in [-0.25, -0.2) is 0 Å². The summed E-state index contributed by atoms with van der Waals surface area (Å²) in [4.78, 5) is 11.5. The number of aromatic nitrogens is 3. The van der Waals surface area contributed by atoms with Crippen LogP contribution in [0.2, 0.25) is 0 Å². The Morgan fingerprint density at radius 3 is 2.75 bits per heavy atom. The Labute approximate surface area is 95.6 Å². The van der Waals surface area contributed by atoms with Crippen molar-refractivity contribution >= 4 is 28.3 Å². The van der Waals surface area contributed by atoms with E-state index in [-0.39, 0.29) is 12.3 Å². The summed E-state index contributed by atoms with van der Waals surface area (Å²) in [5, 5.41) is 10.00. The minimum absolute atomic E-state index is 0.150. The predicted octanol–water partition coefficient (Wildman–Crippen LogP) is 0.696. The van der Waals surface area contributed by atoms with Crippen molar-refractivity contribution < 1.29 is 4.79 Å². The number of rotatable bonds is 3. The molecule has 2 aromatic rings. The summed E-state index contributed by atoms with van der Waals surface area (Å²) in [6.45, 7) is 0. The first-order chi connectivity index (χ1) is 7.74. The van der Waals surface area contributed by atoms with Gasteiger partial charge in [-0.1, -0.05) is 21.7 Å². The molecule has 1 aromatic carbocycles. The SMILES string of the molecule is Nc1ccc(CC(=O)Nc2nnns2)cc1. The van der Waals surface area contributed by atoms with Crippen molar-refractivity contribution in [3.8, 4) is 0 Å². The van der Waals surface area contributed by atoms with E-state index in [0.717, 1.165) is 17.1 Å². The van der Waals surface area contributed by atoms with E-state index in [2.05, 4.69) is 20.1 Å². The van der Waals surface area contributed by atoms with Gasteiger partial charge in [0.15, 0.2) is 0 Å². The molecule has 0 fully saturated rings. The topological polar surface area (TPSA) is 93.8 Å². The van der Waals surface area contributed by atoms with Gasteiger partial charge in [0.05, 0.1) is 6.42 Å². The van der Waals surface area contributed by atoms with Crippen LogP contribution in [0.15, 0.2) is 24.3 Å². The molecule has 2 rings (SSSR count). The summed E-state index contributed by atoms with van der Waals surface area (Å²) >= 11 is 1.04. The third-order valence-corrected chi connectivity index (χ3v) is 2.40. The number of benzene rings is 1. The van der Waals surface area contributed by atoms with Gasteiger partial charge >= 0.3 is 0 Å². The molecule has 1 heterocycles. The molecule has 0 radical (unpaired) electrons. The number of hydrogen-bond acceptors (Lipinski definition) is 6. The first kappa shape index (κ1) is 10.5. The average Bonchev–Trinajstić information content (AvgIpc) is 2.74. The molecule has 3 N–H and O–H groups in total. The zero-order chi connectivity index (χ0) is 11.4. The van der Waals surface area contributed by atoms with Gasteiger partial charge in [-0.3, -0.25) is 10.1 Å². The van der Waals surface area contributed by atoms with E-state index in [9.17, 15) is 4.79 Å². The van der Waals surface area contributed by atoms with Gasteiger partial charge in [0, 0.05) is 17.2 Å². The molecule has 0 spiro atoms. The van der Waals surface area contributed by atoms with Crippen molar-refractivity contribution in [2.75, 3.05) is 11.1 Å². The number of carbonyl (C=O) groups excluding carboxylic acids is 1. The molecule has 6 nitrogen and oxygen atoms in total. The first-order valence-electron chi connectivity index (χ1n) is 4.53. The Bertz CT molecular complexity index is 467. The van der Waals surface area contributed by atoms with Crippen molar-refractivity contribution in [3.05, 3.63) is 29.8 Å². The highest BCUT2D eigenvalue weighted by Crippen LogP contribution is 2.09. The zero-order valence-electron chi connectivity index (χ0n) is 8.25. The fraction of sp³-hybridized carbons (Fsp3) is 0.111. The molecule has 0 saturated heterocycles. The smallest absolute Gasteiger partial charge is 0.231 e. The highest BCUT2D eigenvalue weighted by Gasteiger charge is 2.06. The quantitative estimate of drug-likeness (QED) is 0.763. The van der Waals surface area contributed by atoms with Crippen LogP contribution in [0.4, 0.5) is 10.8 Å². The van der Waals surface area contributed by atoms with Gasteiger partial charge in [0.25, 0.3) is 0 Å². The minimum atomic E-state index is -0.150. The molecule has 1 amide bonds. The number of amides is 1. The Kier molecular flexibility index (Phi) is 3.06. The molecule has 0 bridgehead atoms. The number of anilines is 2. The van der Waals surface area contributed by atoms with Gasteiger partial charge in [0.2, 0.25) is 11.0 Å². The molecule has 7 heteroatoms. The van der Waals surface area contributed by atoms with Crippen LogP contribution >= 0.6 is 11.5 Å². The second-order valence-electron chi connectivity index (χ2n) is 3.13. The minimum Gasteiger partial charge on any atom is -0.399 e. The van der Waals surface area contributed by atoms with Crippen molar-refractivity contribution in [2.24, 2.45) is 0 Å². The van der Waals surface area contributed by atoms with Crippen molar-refractivity contribution in [2.45, 2.75) is 6.42 Å². The van der Waals surface area contributed by atoms with Gasteiger partial charge < -0.3 is 5.73 Å². The van der Waals surface area contributed by atoms with E-state index in [1.165, 1.54) is 0 Å². The van der Waals surface area contributed by atoms with Gasteiger partial charge in [0.1, 0.15) is 0 Å². The monoisotopic (exact) mass is 235 g/mol. The standard InChI is InChI=1S/C9H9N5OS/c10-7-3-1-6(2-4-7)5-8(15)11-9-12-13-14-16-9/h1-4H,5,10H2,(H,11,12,14,15). The van der Waals surface area contributed by atoms with E-state index in [4.69, 9.17) is 5.73 Å². The number of nitrogen functional groups attached to an aromatic ring is 1. The molecular formula is C9H9N5OS. The fourth-order valence-corrected chi connectivity index (χ4v) is 1.55. The molecule has 16 heavy (non-hydrogen) atoms. The number of nitrogens with two attached hydrogens (primary N) is 1.